The maximum absolute atomic E-state index is 5.89. The van der Waals surface area contributed by atoms with Crippen molar-refractivity contribution >= 4 is 0 Å². The third kappa shape index (κ3) is 3.01. The van der Waals surface area contributed by atoms with Crippen molar-refractivity contribution in [1.29, 1.82) is 0 Å². The van der Waals surface area contributed by atoms with Crippen molar-refractivity contribution in [1.82, 2.24) is 9.80 Å². The smallest absolute Gasteiger partial charge is 0.0223 e. The minimum absolute atomic E-state index is 0.747. The molecule has 1 heterocycles. The van der Waals surface area contributed by atoms with Crippen molar-refractivity contribution < 1.29 is 0 Å². The zero-order valence-corrected chi connectivity index (χ0v) is 11.6. The van der Waals surface area contributed by atoms with E-state index in [2.05, 4.69) is 23.8 Å². The minimum Gasteiger partial charge on any atom is -0.330 e. The Balaban J connectivity index is 1.85. The van der Waals surface area contributed by atoms with Crippen LogP contribution in [0, 0.1) is 5.92 Å². The predicted molar refractivity (Wildman–Crippen MR) is 73.1 cm³/mol. The number of hydrogen-bond acceptors (Lipinski definition) is 3. The summed E-state index contributed by atoms with van der Waals surface area (Å²) in [4.78, 5) is 5.24. The van der Waals surface area contributed by atoms with Crippen molar-refractivity contribution in [2.24, 2.45) is 11.7 Å². The van der Waals surface area contributed by atoms with Crippen molar-refractivity contribution in [3.05, 3.63) is 0 Å². The molecule has 1 saturated heterocycles. The number of nitrogens with zero attached hydrogens (tertiary/aromatic N) is 2. The Bertz CT molecular complexity index is 232. The van der Waals surface area contributed by atoms with Crippen molar-refractivity contribution in [3.8, 4) is 0 Å². The lowest BCUT2D eigenvalue weighted by Crippen LogP contribution is -2.45. The van der Waals surface area contributed by atoms with Gasteiger partial charge in [-0.3, -0.25) is 4.90 Å². The van der Waals surface area contributed by atoms with E-state index in [4.69, 9.17) is 5.73 Å². The number of rotatable bonds is 5. The predicted octanol–water partition coefficient (Wildman–Crippen LogP) is 1.53. The summed E-state index contributed by atoms with van der Waals surface area (Å²) in [6.45, 7) is 6.92. The van der Waals surface area contributed by atoms with E-state index in [1.807, 2.05) is 0 Å². The Morgan fingerprint density at radius 3 is 2.76 bits per heavy atom. The first kappa shape index (κ1) is 13.3. The molecule has 2 fully saturated rings. The summed E-state index contributed by atoms with van der Waals surface area (Å²) < 4.78 is 0. The molecule has 1 saturated carbocycles. The molecular weight excluding hydrogens is 210 g/mol. The molecule has 0 radical (unpaired) electrons. The standard InChI is InChI=1S/C14H29N3/c1-3-17-9-5-7-13(17)11-16(2)14-8-4-6-12(14)10-15/h12-14H,3-11,15H2,1-2H3. The van der Waals surface area contributed by atoms with Crippen molar-refractivity contribution in [2.45, 2.75) is 51.1 Å². The summed E-state index contributed by atoms with van der Waals surface area (Å²) in [7, 11) is 2.31. The average molecular weight is 239 g/mol. The van der Waals surface area contributed by atoms with Gasteiger partial charge in [-0.1, -0.05) is 13.3 Å². The normalized spacial score (nSPS) is 34.9. The summed E-state index contributed by atoms with van der Waals surface area (Å²) in [5, 5.41) is 0. The zero-order chi connectivity index (χ0) is 12.3. The third-order valence-electron chi connectivity index (χ3n) is 4.89. The fraction of sp³-hybridized carbons (Fsp3) is 1.00. The minimum atomic E-state index is 0.747. The first-order chi connectivity index (χ1) is 8.26. The van der Waals surface area contributed by atoms with E-state index in [-0.39, 0.29) is 0 Å². The molecule has 0 aromatic heterocycles. The molecule has 100 valence electrons. The zero-order valence-electron chi connectivity index (χ0n) is 11.6. The Morgan fingerprint density at radius 1 is 1.24 bits per heavy atom. The molecule has 3 nitrogen and oxygen atoms in total. The maximum Gasteiger partial charge on any atom is 0.0223 e. The summed E-state index contributed by atoms with van der Waals surface area (Å²) in [5.41, 5.74) is 5.89. The lowest BCUT2D eigenvalue weighted by Gasteiger charge is -2.34. The maximum atomic E-state index is 5.89. The molecule has 3 atom stereocenters. The molecule has 1 aliphatic carbocycles. The Labute approximate surface area is 106 Å². The molecule has 17 heavy (non-hydrogen) atoms. The molecular formula is C14H29N3. The van der Waals surface area contributed by atoms with Crippen LogP contribution in [0.25, 0.3) is 0 Å². The second kappa shape index (κ2) is 6.17. The number of nitrogens with two attached hydrogens (primary N) is 1. The Morgan fingerprint density at radius 2 is 2.06 bits per heavy atom. The molecule has 2 aliphatic rings. The van der Waals surface area contributed by atoms with Gasteiger partial charge in [0.2, 0.25) is 0 Å². The molecule has 1 aliphatic heterocycles. The van der Waals surface area contributed by atoms with Gasteiger partial charge in [0, 0.05) is 18.6 Å². The number of likely N-dealkylation sites (N-methyl/N-ethyl adjacent to an activating group) is 2. The summed E-state index contributed by atoms with van der Waals surface area (Å²) in [6.07, 6.45) is 6.85. The lowest BCUT2D eigenvalue weighted by atomic mass is 10.0. The Kier molecular flexibility index (Phi) is 4.83. The number of likely N-dealkylation sites (tertiary alicyclic amines) is 1. The van der Waals surface area contributed by atoms with Gasteiger partial charge in [0.25, 0.3) is 0 Å². The molecule has 3 unspecified atom stereocenters. The third-order valence-corrected chi connectivity index (χ3v) is 4.89. The molecule has 0 bridgehead atoms. The van der Waals surface area contributed by atoms with Crippen LogP contribution >= 0.6 is 0 Å². The van der Waals surface area contributed by atoms with E-state index >= 15 is 0 Å². The van der Waals surface area contributed by atoms with Crippen molar-refractivity contribution in [3.63, 3.8) is 0 Å². The van der Waals surface area contributed by atoms with Crippen LogP contribution in [0.15, 0.2) is 0 Å². The second-order valence-corrected chi connectivity index (χ2v) is 5.86. The fourth-order valence-corrected chi connectivity index (χ4v) is 3.86. The summed E-state index contributed by atoms with van der Waals surface area (Å²) >= 11 is 0. The fourth-order valence-electron chi connectivity index (χ4n) is 3.86. The van der Waals surface area contributed by atoms with E-state index < -0.39 is 0 Å². The molecule has 0 amide bonds. The van der Waals surface area contributed by atoms with Gasteiger partial charge in [-0.2, -0.15) is 0 Å². The van der Waals surface area contributed by atoms with Gasteiger partial charge in [0.05, 0.1) is 0 Å². The van der Waals surface area contributed by atoms with E-state index in [1.54, 1.807) is 0 Å². The topological polar surface area (TPSA) is 32.5 Å². The SMILES string of the molecule is CCN1CCCC1CN(C)C1CCCC1CN. The van der Waals surface area contributed by atoms with E-state index in [9.17, 15) is 0 Å². The van der Waals surface area contributed by atoms with Crippen LogP contribution in [0.5, 0.6) is 0 Å². The van der Waals surface area contributed by atoms with Gasteiger partial charge in [0.1, 0.15) is 0 Å². The molecule has 0 spiro atoms. The Hall–Kier alpha value is -0.120. The quantitative estimate of drug-likeness (QED) is 0.790. The van der Waals surface area contributed by atoms with Crippen LogP contribution in [-0.2, 0) is 0 Å². The van der Waals surface area contributed by atoms with Crippen LogP contribution in [0.1, 0.15) is 39.0 Å². The van der Waals surface area contributed by atoms with E-state index in [0.717, 1.165) is 24.5 Å². The summed E-state index contributed by atoms with van der Waals surface area (Å²) in [6, 6.07) is 1.54. The van der Waals surface area contributed by atoms with Gasteiger partial charge >= 0.3 is 0 Å². The van der Waals surface area contributed by atoms with Gasteiger partial charge in [-0.05, 0) is 58.3 Å². The van der Waals surface area contributed by atoms with Gasteiger partial charge in [0.15, 0.2) is 0 Å². The molecule has 0 aromatic rings. The second-order valence-electron chi connectivity index (χ2n) is 5.86. The first-order valence-corrected chi connectivity index (χ1v) is 7.40. The van der Waals surface area contributed by atoms with Crippen LogP contribution < -0.4 is 5.73 Å². The first-order valence-electron chi connectivity index (χ1n) is 7.40. The molecule has 0 aromatic carbocycles. The average Bonchev–Trinajstić information content (AvgIpc) is 2.96. The van der Waals surface area contributed by atoms with E-state index in [1.165, 1.54) is 51.7 Å². The van der Waals surface area contributed by atoms with Gasteiger partial charge in [-0.25, -0.2) is 0 Å². The largest absolute Gasteiger partial charge is 0.330 e. The summed E-state index contributed by atoms with van der Waals surface area (Å²) in [5.74, 6) is 0.747. The number of hydrogen-bond donors (Lipinski definition) is 1. The molecule has 3 heteroatoms. The van der Waals surface area contributed by atoms with Gasteiger partial charge < -0.3 is 10.6 Å². The highest BCUT2D eigenvalue weighted by atomic mass is 15.2. The highest BCUT2D eigenvalue weighted by Crippen LogP contribution is 2.29. The van der Waals surface area contributed by atoms with Crippen LogP contribution in [0.3, 0.4) is 0 Å². The van der Waals surface area contributed by atoms with Crippen LogP contribution in [0.4, 0.5) is 0 Å². The monoisotopic (exact) mass is 239 g/mol. The van der Waals surface area contributed by atoms with Crippen LogP contribution in [0.2, 0.25) is 0 Å². The van der Waals surface area contributed by atoms with Gasteiger partial charge in [-0.15, -0.1) is 0 Å². The van der Waals surface area contributed by atoms with Crippen LogP contribution in [-0.4, -0.2) is 55.1 Å². The molecule has 2 rings (SSSR count). The van der Waals surface area contributed by atoms with Crippen molar-refractivity contribution in [2.75, 3.05) is 33.2 Å². The lowest BCUT2D eigenvalue weighted by molar-refractivity contribution is 0.143. The highest BCUT2D eigenvalue weighted by Gasteiger charge is 2.32. The highest BCUT2D eigenvalue weighted by molar-refractivity contribution is 4.88. The van der Waals surface area contributed by atoms with E-state index in [0.29, 0.717) is 0 Å². The molecule has 2 N–H and O–H groups in total.